The van der Waals surface area contributed by atoms with Gasteiger partial charge in [-0.3, -0.25) is 0 Å². The van der Waals surface area contributed by atoms with Crippen LogP contribution < -0.4 is 5.32 Å². The summed E-state index contributed by atoms with van der Waals surface area (Å²) in [4.78, 5) is 8.97. The molecule has 1 unspecified atom stereocenters. The van der Waals surface area contributed by atoms with E-state index in [2.05, 4.69) is 34.3 Å². The molecule has 3 aromatic rings. The SMILES string of the molecule is CC(NCc1nc2ccccc2s1)c1nccn1C. The van der Waals surface area contributed by atoms with Gasteiger partial charge < -0.3 is 9.88 Å². The van der Waals surface area contributed by atoms with E-state index in [-0.39, 0.29) is 6.04 Å². The molecule has 0 aliphatic rings. The van der Waals surface area contributed by atoms with Gasteiger partial charge in [-0.05, 0) is 19.1 Å². The third-order valence-electron chi connectivity index (χ3n) is 3.14. The fourth-order valence-electron chi connectivity index (χ4n) is 2.12. The van der Waals surface area contributed by atoms with Crippen molar-refractivity contribution in [1.29, 1.82) is 0 Å². The summed E-state index contributed by atoms with van der Waals surface area (Å²) in [5, 5.41) is 4.58. The van der Waals surface area contributed by atoms with Crippen molar-refractivity contribution >= 4 is 21.6 Å². The average Bonchev–Trinajstić information content (AvgIpc) is 3.01. The fraction of sp³-hybridized carbons (Fsp3) is 0.286. The summed E-state index contributed by atoms with van der Waals surface area (Å²) in [6.45, 7) is 2.89. The summed E-state index contributed by atoms with van der Waals surface area (Å²) in [6, 6.07) is 8.45. The van der Waals surface area contributed by atoms with Gasteiger partial charge in [0.15, 0.2) is 0 Å². The molecule has 0 bridgehead atoms. The van der Waals surface area contributed by atoms with Crippen LogP contribution in [0.4, 0.5) is 0 Å². The lowest BCUT2D eigenvalue weighted by Gasteiger charge is -2.12. The van der Waals surface area contributed by atoms with Crippen molar-refractivity contribution in [3.63, 3.8) is 0 Å². The number of aromatic nitrogens is 3. The Bertz CT molecular complexity index is 652. The molecular formula is C14H16N4S. The highest BCUT2D eigenvalue weighted by atomic mass is 32.1. The minimum Gasteiger partial charge on any atom is -0.337 e. The average molecular weight is 272 g/mol. The summed E-state index contributed by atoms with van der Waals surface area (Å²) in [6.07, 6.45) is 3.79. The fourth-order valence-corrected chi connectivity index (χ4v) is 3.04. The summed E-state index contributed by atoms with van der Waals surface area (Å²) in [5.41, 5.74) is 1.08. The monoisotopic (exact) mass is 272 g/mol. The Kier molecular flexibility index (Phi) is 3.31. The van der Waals surface area contributed by atoms with E-state index in [0.29, 0.717) is 0 Å². The van der Waals surface area contributed by atoms with Crippen molar-refractivity contribution in [2.24, 2.45) is 7.05 Å². The number of benzene rings is 1. The molecule has 4 nitrogen and oxygen atoms in total. The topological polar surface area (TPSA) is 42.7 Å². The lowest BCUT2D eigenvalue weighted by Crippen LogP contribution is -2.20. The van der Waals surface area contributed by atoms with Crippen molar-refractivity contribution in [2.75, 3.05) is 0 Å². The number of rotatable bonds is 4. The van der Waals surface area contributed by atoms with Gasteiger partial charge in [-0.15, -0.1) is 11.3 Å². The Hall–Kier alpha value is -1.72. The van der Waals surface area contributed by atoms with Crippen LogP contribution in [0.2, 0.25) is 0 Å². The second-order valence-corrected chi connectivity index (χ2v) is 5.69. The first-order valence-corrected chi connectivity index (χ1v) is 7.11. The first kappa shape index (κ1) is 12.3. The minimum atomic E-state index is 0.215. The molecule has 1 aromatic carbocycles. The standard InChI is InChI=1S/C14H16N4S/c1-10(14-15-7-8-18(14)2)16-9-13-17-11-5-3-4-6-12(11)19-13/h3-8,10,16H,9H2,1-2H3. The predicted octanol–water partition coefficient (Wildman–Crippen LogP) is 2.88. The Morgan fingerprint density at radius 3 is 2.95 bits per heavy atom. The Morgan fingerprint density at radius 1 is 1.37 bits per heavy atom. The predicted molar refractivity (Wildman–Crippen MR) is 78.1 cm³/mol. The molecule has 0 fully saturated rings. The highest BCUT2D eigenvalue weighted by Gasteiger charge is 2.10. The number of hydrogen-bond acceptors (Lipinski definition) is 4. The zero-order chi connectivity index (χ0) is 13.2. The maximum absolute atomic E-state index is 4.62. The van der Waals surface area contributed by atoms with Crippen LogP contribution in [0.15, 0.2) is 36.7 Å². The Balaban J connectivity index is 1.70. The van der Waals surface area contributed by atoms with Crippen molar-refractivity contribution in [3.05, 3.63) is 47.5 Å². The van der Waals surface area contributed by atoms with Gasteiger partial charge >= 0.3 is 0 Å². The number of para-hydroxylation sites is 1. The van der Waals surface area contributed by atoms with Crippen molar-refractivity contribution in [3.8, 4) is 0 Å². The van der Waals surface area contributed by atoms with Gasteiger partial charge in [-0.25, -0.2) is 9.97 Å². The van der Waals surface area contributed by atoms with Crippen molar-refractivity contribution in [1.82, 2.24) is 19.9 Å². The van der Waals surface area contributed by atoms with E-state index >= 15 is 0 Å². The van der Waals surface area contributed by atoms with Gasteiger partial charge in [0.2, 0.25) is 0 Å². The molecule has 0 saturated heterocycles. The van der Waals surface area contributed by atoms with Crippen molar-refractivity contribution < 1.29 is 0 Å². The van der Waals surface area contributed by atoms with E-state index in [0.717, 1.165) is 22.9 Å². The number of nitrogens with zero attached hydrogens (tertiary/aromatic N) is 3. The van der Waals surface area contributed by atoms with Crippen LogP contribution in [-0.4, -0.2) is 14.5 Å². The van der Waals surface area contributed by atoms with Crippen LogP contribution in [0.25, 0.3) is 10.2 Å². The highest BCUT2D eigenvalue weighted by molar-refractivity contribution is 7.18. The summed E-state index contributed by atoms with van der Waals surface area (Å²) in [7, 11) is 2.01. The molecule has 2 aromatic heterocycles. The number of fused-ring (bicyclic) bond motifs is 1. The minimum absolute atomic E-state index is 0.215. The molecule has 0 radical (unpaired) electrons. The molecule has 0 aliphatic carbocycles. The Labute approximate surface area is 116 Å². The zero-order valence-corrected chi connectivity index (χ0v) is 11.8. The van der Waals surface area contributed by atoms with Crippen LogP contribution in [0, 0.1) is 0 Å². The number of imidazole rings is 1. The third-order valence-corrected chi connectivity index (χ3v) is 4.18. The van der Waals surface area contributed by atoms with Gasteiger partial charge in [0.05, 0.1) is 16.3 Å². The summed E-state index contributed by atoms with van der Waals surface area (Å²) in [5.74, 6) is 1.04. The Morgan fingerprint density at radius 2 is 2.21 bits per heavy atom. The maximum Gasteiger partial charge on any atom is 0.125 e. The quantitative estimate of drug-likeness (QED) is 0.794. The molecule has 0 aliphatic heterocycles. The van der Waals surface area contributed by atoms with E-state index in [1.165, 1.54) is 4.70 Å². The molecule has 0 saturated carbocycles. The van der Waals surface area contributed by atoms with Crippen LogP contribution in [0.3, 0.4) is 0 Å². The first-order chi connectivity index (χ1) is 9.24. The van der Waals surface area contributed by atoms with Gasteiger partial charge in [-0.1, -0.05) is 12.1 Å². The number of aryl methyl sites for hydroxylation is 1. The normalized spacial score (nSPS) is 12.9. The maximum atomic E-state index is 4.62. The second kappa shape index (κ2) is 5.11. The molecular weight excluding hydrogens is 256 g/mol. The summed E-state index contributed by atoms with van der Waals surface area (Å²) < 4.78 is 3.28. The van der Waals surface area contributed by atoms with Crippen LogP contribution in [0.5, 0.6) is 0 Å². The van der Waals surface area contributed by atoms with Crippen LogP contribution in [0.1, 0.15) is 23.8 Å². The molecule has 98 valence electrons. The van der Waals surface area contributed by atoms with E-state index in [1.807, 2.05) is 36.1 Å². The largest absolute Gasteiger partial charge is 0.337 e. The highest BCUT2D eigenvalue weighted by Crippen LogP contribution is 2.22. The number of nitrogens with one attached hydrogen (secondary N) is 1. The zero-order valence-electron chi connectivity index (χ0n) is 11.0. The van der Waals surface area contributed by atoms with E-state index < -0.39 is 0 Å². The van der Waals surface area contributed by atoms with E-state index in [9.17, 15) is 0 Å². The van der Waals surface area contributed by atoms with E-state index in [4.69, 9.17) is 0 Å². The lowest BCUT2D eigenvalue weighted by molar-refractivity contribution is 0.529. The van der Waals surface area contributed by atoms with E-state index in [1.54, 1.807) is 11.3 Å². The molecule has 1 N–H and O–H groups in total. The second-order valence-electron chi connectivity index (χ2n) is 4.57. The summed E-state index contributed by atoms with van der Waals surface area (Å²) >= 11 is 1.74. The van der Waals surface area contributed by atoms with Gasteiger partial charge in [-0.2, -0.15) is 0 Å². The molecule has 1 atom stereocenters. The molecule has 5 heteroatoms. The van der Waals surface area contributed by atoms with Crippen molar-refractivity contribution in [2.45, 2.75) is 19.5 Å². The van der Waals surface area contributed by atoms with Gasteiger partial charge in [0, 0.05) is 26.0 Å². The number of thiazole rings is 1. The van der Waals surface area contributed by atoms with Crippen LogP contribution >= 0.6 is 11.3 Å². The van der Waals surface area contributed by atoms with Crippen LogP contribution in [-0.2, 0) is 13.6 Å². The van der Waals surface area contributed by atoms with Gasteiger partial charge in [0.25, 0.3) is 0 Å². The molecule has 19 heavy (non-hydrogen) atoms. The third kappa shape index (κ3) is 2.52. The molecule has 3 rings (SSSR count). The lowest BCUT2D eigenvalue weighted by atomic mass is 10.3. The first-order valence-electron chi connectivity index (χ1n) is 6.29. The number of hydrogen-bond donors (Lipinski definition) is 1. The smallest absolute Gasteiger partial charge is 0.125 e. The molecule has 2 heterocycles. The molecule has 0 amide bonds. The van der Waals surface area contributed by atoms with Gasteiger partial charge in [0.1, 0.15) is 10.8 Å². The molecule has 0 spiro atoms.